The van der Waals surface area contributed by atoms with E-state index in [4.69, 9.17) is 9.73 Å². The molecule has 4 rings (SSSR count). The normalized spacial score (nSPS) is 17.8. The highest BCUT2D eigenvalue weighted by molar-refractivity contribution is 5.83. The van der Waals surface area contributed by atoms with Crippen LogP contribution in [0, 0.1) is 0 Å². The molecule has 0 radical (unpaired) electrons. The molecule has 0 bridgehead atoms. The maximum Gasteiger partial charge on any atom is 0.194 e. The lowest BCUT2D eigenvalue weighted by atomic mass is 10.1. The number of rotatable bonds is 6. The van der Waals surface area contributed by atoms with Gasteiger partial charge in [-0.1, -0.05) is 18.2 Å². The van der Waals surface area contributed by atoms with Gasteiger partial charge in [0.1, 0.15) is 6.10 Å². The lowest BCUT2D eigenvalue weighted by Gasteiger charge is -2.34. The lowest BCUT2D eigenvalue weighted by molar-refractivity contribution is -0.00804. The topological polar surface area (TPSA) is 70.5 Å². The molecular formula is C22H30N6O. The SMILES string of the molecule is CCNC(=NCCCc1c[nH]c2ccccc12)N1CCOC(c2cnn(C)c2)C1. The number of benzene rings is 1. The predicted molar refractivity (Wildman–Crippen MR) is 116 cm³/mol. The van der Waals surface area contributed by atoms with Gasteiger partial charge >= 0.3 is 0 Å². The van der Waals surface area contributed by atoms with Crippen LogP contribution in [0.3, 0.4) is 0 Å². The first-order chi connectivity index (χ1) is 14.2. The van der Waals surface area contributed by atoms with Crippen LogP contribution in [0.1, 0.15) is 30.6 Å². The number of nitrogens with one attached hydrogen (secondary N) is 2. The summed E-state index contributed by atoms with van der Waals surface area (Å²) in [6.07, 6.45) is 8.12. The summed E-state index contributed by atoms with van der Waals surface area (Å²) in [5.41, 5.74) is 3.69. The maximum absolute atomic E-state index is 5.97. The van der Waals surface area contributed by atoms with E-state index in [1.807, 2.05) is 24.1 Å². The van der Waals surface area contributed by atoms with Gasteiger partial charge in [0, 0.05) is 55.5 Å². The standard InChI is InChI=1S/C22H30N6O/c1-3-23-22(28-11-12-29-21(16-28)18-14-26-27(2)15-18)24-10-6-7-17-13-25-20-9-5-4-8-19(17)20/h4-5,8-9,13-15,21,25H,3,6-7,10-12,16H2,1-2H3,(H,23,24). The minimum absolute atomic E-state index is 0.0347. The van der Waals surface area contributed by atoms with Crippen LogP contribution in [0.15, 0.2) is 47.8 Å². The van der Waals surface area contributed by atoms with E-state index in [1.165, 1.54) is 16.5 Å². The average Bonchev–Trinajstić information content (AvgIpc) is 3.37. The van der Waals surface area contributed by atoms with E-state index in [0.717, 1.165) is 50.5 Å². The minimum atomic E-state index is 0.0347. The molecule has 3 aromatic rings. The highest BCUT2D eigenvalue weighted by Gasteiger charge is 2.25. The van der Waals surface area contributed by atoms with Gasteiger partial charge in [0.15, 0.2) is 5.96 Å². The Morgan fingerprint density at radius 1 is 1.38 bits per heavy atom. The number of fused-ring (bicyclic) bond motifs is 1. The van der Waals surface area contributed by atoms with Crippen molar-refractivity contribution in [2.24, 2.45) is 12.0 Å². The summed E-state index contributed by atoms with van der Waals surface area (Å²) in [5, 5.41) is 9.04. The van der Waals surface area contributed by atoms with Crippen LogP contribution in [0.4, 0.5) is 0 Å². The van der Waals surface area contributed by atoms with E-state index in [1.54, 1.807) is 0 Å². The third-order valence-electron chi connectivity index (χ3n) is 5.34. The number of aliphatic imine (C=N–C) groups is 1. The van der Waals surface area contributed by atoms with Gasteiger partial charge in [0.2, 0.25) is 0 Å². The first-order valence-electron chi connectivity index (χ1n) is 10.4. The van der Waals surface area contributed by atoms with Crippen LogP contribution in [0.25, 0.3) is 10.9 Å². The molecule has 1 aromatic carbocycles. The summed E-state index contributed by atoms with van der Waals surface area (Å²) in [5.74, 6) is 0.976. The third kappa shape index (κ3) is 4.62. The van der Waals surface area contributed by atoms with E-state index in [9.17, 15) is 0 Å². The van der Waals surface area contributed by atoms with E-state index in [2.05, 4.69) is 57.7 Å². The molecule has 2 aromatic heterocycles. The number of aryl methyl sites for hydroxylation is 2. The summed E-state index contributed by atoms with van der Waals surface area (Å²) < 4.78 is 7.79. The van der Waals surface area contributed by atoms with Crippen LogP contribution in [0.5, 0.6) is 0 Å². The lowest BCUT2D eigenvalue weighted by Crippen LogP contribution is -2.48. The highest BCUT2D eigenvalue weighted by atomic mass is 16.5. The van der Waals surface area contributed by atoms with Gasteiger partial charge in [-0.15, -0.1) is 0 Å². The second-order valence-electron chi connectivity index (χ2n) is 7.45. The van der Waals surface area contributed by atoms with Gasteiger partial charge in [0.25, 0.3) is 0 Å². The van der Waals surface area contributed by atoms with Crippen molar-refractivity contribution < 1.29 is 4.74 Å². The molecule has 1 atom stereocenters. The van der Waals surface area contributed by atoms with Crippen molar-refractivity contribution in [2.45, 2.75) is 25.9 Å². The minimum Gasteiger partial charge on any atom is -0.370 e. The Bertz CT molecular complexity index is 959. The molecule has 1 unspecified atom stereocenters. The zero-order valence-electron chi connectivity index (χ0n) is 17.3. The van der Waals surface area contributed by atoms with E-state index in [0.29, 0.717) is 6.61 Å². The number of H-pyrrole nitrogens is 1. The van der Waals surface area contributed by atoms with Gasteiger partial charge in [-0.05, 0) is 31.4 Å². The molecule has 1 aliphatic rings. The summed E-state index contributed by atoms with van der Waals surface area (Å²) in [6.45, 7) is 6.11. The van der Waals surface area contributed by atoms with Crippen molar-refractivity contribution in [3.05, 3.63) is 54.0 Å². The van der Waals surface area contributed by atoms with Gasteiger partial charge in [0.05, 0.1) is 19.3 Å². The first-order valence-corrected chi connectivity index (χ1v) is 10.4. The number of ether oxygens (including phenoxy) is 1. The monoisotopic (exact) mass is 394 g/mol. The number of para-hydroxylation sites is 1. The summed E-state index contributed by atoms with van der Waals surface area (Å²) in [6, 6.07) is 8.47. The number of aromatic amines is 1. The van der Waals surface area contributed by atoms with Crippen LogP contribution >= 0.6 is 0 Å². The van der Waals surface area contributed by atoms with Crippen LogP contribution in [-0.2, 0) is 18.2 Å². The molecule has 1 fully saturated rings. The van der Waals surface area contributed by atoms with Gasteiger partial charge in [-0.2, -0.15) is 5.10 Å². The molecule has 1 aliphatic heterocycles. The molecule has 29 heavy (non-hydrogen) atoms. The molecule has 3 heterocycles. The summed E-state index contributed by atoms with van der Waals surface area (Å²) >= 11 is 0. The van der Waals surface area contributed by atoms with Crippen molar-refractivity contribution in [1.82, 2.24) is 25.0 Å². The molecule has 0 aliphatic carbocycles. The Labute approximate surface area is 171 Å². The number of guanidine groups is 1. The molecule has 1 saturated heterocycles. The second-order valence-corrected chi connectivity index (χ2v) is 7.45. The Kier molecular flexibility index (Phi) is 6.14. The molecule has 7 nitrogen and oxygen atoms in total. The fourth-order valence-corrected chi connectivity index (χ4v) is 3.87. The fourth-order valence-electron chi connectivity index (χ4n) is 3.87. The molecule has 7 heteroatoms. The zero-order valence-corrected chi connectivity index (χ0v) is 17.3. The summed E-state index contributed by atoms with van der Waals surface area (Å²) in [7, 11) is 1.93. The number of morpholine rings is 1. The molecule has 0 saturated carbocycles. The Morgan fingerprint density at radius 3 is 3.10 bits per heavy atom. The summed E-state index contributed by atoms with van der Waals surface area (Å²) in [4.78, 5) is 10.6. The van der Waals surface area contributed by atoms with Gasteiger partial charge in [-0.3, -0.25) is 9.67 Å². The number of hydrogen-bond acceptors (Lipinski definition) is 3. The number of hydrogen-bond donors (Lipinski definition) is 2. The van der Waals surface area contributed by atoms with E-state index in [-0.39, 0.29) is 6.10 Å². The van der Waals surface area contributed by atoms with Crippen molar-refractivity contribution in [1.29, 1.82) is 0 Å². The highest BCUT2D eigenvalue weighted by Crippen LogP contribution is 2.22. The van der Waals surface area contributed by atoms with Crippen molar-refractivity contribution in [3.8, 4) is 0 Å². The van der Waals surface area contributed by atoms with Crippen molar-refractivity contribution in [2.75, 3.05) is 32.8 Å². The van der Waals surface area contributed by atoms with Crippen molar-refractivity contribution >= 4 is 16.9 Å². The fraction of sp³-hybridized carbons (Fsp3) is 0.455. The quantitative estimate of drug-likeness (QED) is 0.383. The van der Waals surface area contributed by atoms with Crippen LogP contribution in [0.2, 0.25) is 0 Å². The number of nitrogens with zero attached hydrogens (tertiary/aromatic N) is 4. The Morgan fingerprint density at radius 2 is 2.28 bits per heavy atom. The second kappa shape index (κ2) is 9.13. The zero-order chi connectivity index (χ0) is 20.1. The molecule has 0 spiro atoms. The Balaban J connectivity index is 1.36. The van der Waals surface area contributed by atoms with Gasteiger partial charge < -0.3 is 19.9 Å². The molecular weight excluding hydrogens is 364 g/mol. The Hall–Kier alpha value is -2.80. The van der Waals surface area contributed by atoms with E-state index < -0.39 is 0 Å². The van der Waals surface area contributed by atoms with Crippen LogP contribution in [-0.4, -0.2) is 58.4 Å². The third-order valence-corrected chi connectivity index (χ3v) is 5.34. The van der Waals surface area contributed by atoms with Gasteiger partial charge in [-0.25, -0.2) is 0 Å². The maximum atomic E-state index is 5.97. The average molecular weight is 395 g/mol. The molecule has 0 amide bonds. The van der Waals surface area contributed by atoms with Crippen molar-refractivity contribution in [3.63, 3.8) is 0 Å². The molecule has 154 valence electrons. The van der Waals surface area contributed by atoms with Crippen LogP contribution < -0.4 is 5.32 Å². The molecule has 2 N–H and O–H groups in total. The smallest absolute Gasteiger partial charge is 0.194 e. The number of aromatic nitrogens is 3. The first kappa shape index (κ1) is 19.5. The predicted octanol–water partition coefficient (Wildman–Crippen LogP) is 2.87. The van der Waals surface area contributed by atoms with E-state index >= 15 is 0 Å². The largest absolute Gasteiger partial charge is 0.370 e.